The Balaban J connectivity index is 0.00000220. The minimum atomic E-state index is -0.531. The summed E-state index contributed by atoms with van der Waals surface area (Å²) in [5.41, 5.74) is -0.0360. The molecule has 0 saturated heterocycles. The molecule has 0 heterocycles. The maximum absolute atomic E-state index is 10.1. The maximum atomic E-state index is 10.1. The summed E-state index contributed by atoms with van der Waals surface area (Å²) in [6.45, 7) is 8.19. The first kappa shape index (κ1) is 19.0. The molecule has 124 valence electrons. The number of nitrogens with one attached hydrogen (secondary N) is 2. The Morgan fingerprint density at radius 3 is 2.29 bits per heavy atom. The molecule has 0 bridgehead atoms. The van der Waals surface area contributed by atoms with Crippen molar-refractivity contribution in [2.45, 2.75) is 77.4 Å². The SMILES string of the molecule is CCNC(=NCC1(O)CCC1)NC1CCC(C)(C)CC1.I. The lowest BCUT2D eigenvalue weighted by atomic mass is 9.75. The van der Waals surface area contributed by atoms with E-state index >= 15 is 0 Å². The maximum Gasteiger partial charge on any atom is 0.191 e. The zero-order valence-electron chi connectivity index (χ0n) is 13.7. The van der Waals surface area contributed by atoms with E-state index in [1.807, 2.05) is 0 Å². The van der Waals surface area contributed by atoms with Gasteiger partial charge >= 0.3 is 0 Å². The second-order valence-corrected chi connectivity index (χ2v) is 7.36. The Bertz CT molecular complexity index is 343. The molecule has 0 spiro atoms. The van der Waals surface area contributed by atoms with Crippen LogP contribution in [0.4, 0.5) is 0 Å². The molecule has 21 heavy (non-hydrogen) atoms. The summed E-state index contributed by atoms with van der Waals surface area (Å²) in [5, 5.41) is 17.0. The highest BCUT2D eigenvalue weighted by Crippen LogP contribution is 2.35. The molecule has 4 nitrogen and oxygen atoms in total. The first-order valence-corrected chi connectivity index (χ1v) is 8.20. The van der Waals surface area contributed by atoms with E-state index in [1.54, 1.807) is 0 Å². The topological polar surface area (TPSA) is 56.7 Å². The van der Waals surface area contributed by atoms with E-state index in [9.17, 15) is 5.11 Å². The van der Waals surface area contributed by atoms with E-state index in [2.05, 4.69) is 36.4 Å². The molecule has 5 heteroatoms. The van der Waals surface area contributed by atoms with E-state index < -0.39 is 5.60 Å². The minimum absolute atomic E-state index is 0. The van der Waals surface area contributed by atoms with E-state index in [0.29, 0.717) is 18.0 Å². The van der Waals surface area contributed by atoms with Crippen LogP contribution in [0.2, 0.25) is 0 Å². The standard InChI is InChI=1S/C16H31N3O.HI/c1-4-17-14(18-12-16(20)8-5-9-16)19-13-6-10-15(2,3)11-7-13;/h13,20H,4-12H2,1-3H3,(H2,17,18,19);1H. The van der Waals surface area contributed by atoms with Gasteiger partial charge in [0.15, 0.2) is 5.96 Å². The Kier molecular flexibility index (Phi) is 7.24. The van der Waals surface area contributed by atoms with Gasteiger partial charge in [-0.25, -0.2) is 0 Å². The third-order valence-electron chi connectivity index (χ3n) is 4.84. The van der Waals surface area contributed by atoms with Gasteiger partial charge in [-0.1, -0.05) is 13.8 Å². The van der Waals surface area contributed by atoms with Crippen LogP contribution in [-0.4, -0.2) is 35.8 Å². The largest absolute Gasteiger partial charge is 0.388 e. The molecule has 0 atom stereocenters. The fourth-order valence-electron chi connectivity index (χ4n) is 3.03. The van der Waals surface area contributed by atoms with E-state index in [-0.39, 0.29) is 24.0 Å². The highest BCUT2D eigenvalue weighted by molar-refractivity contribution is 14.0. The van der Waals surface area contributed by atoms with Crippen molar-refractivity contribution in [2.24, 2.45) is 10.4 Å². The third kappa shape index (κ3) is 5.93. The number of hydrogen-bond donors (Lipinski definition) is 3. The number of aliphatic hydroxyl groups is 1. The number of hydrogen-bond acceptors (Lipinski definition) is 2. The van der Waals surface area contributed by atoms with E-state index in [4.69, 9.17) is 0 Å². The van der Waals surface area contributed by atoms with Crippen molar-refractivity contribution in [3.63, 3.8) is 0 Å². The molecule has 0 aliphatic heterocycles. The Labute approximate surface area is 146 Å². The van der Waals surface area contributed by atoms with Gasteiger partial charge in [0, 0.05) is 12.6 Å². The third-order valence-corrected chi connectivity index (χ3v) is 4.84. The zero-order chi connectivity index (χ0) is 14.6. The zero-order valence-corrected chi connectivity index (χ0v) is 16.1. The van der Waals surface area contributed by atoms with Gasteiger partial charge in [-0.15, -0.1) is 24.0 Å². The molecule has 2 fully saturated rings. The van der Waals surface area contributed by atoms with Crippen LogP contribution in [0.1, 0.15) is 65.7 Å². The van der Waals surface area contributed by atoms with Crippen molar-refractivity contribution in [1.29, 1.82) is 0 Å². The van der Waals surface area contributed by atoms with Gasteiger partial charge in [-0.2, -0.15) is 0 Å². The summed E-state index contributed by atoms with van der Waals surface area (Å²) in [7, 11) is 0. The van der Waals surface area contributed by atoms with Gasteiger partial charge in [-0.05, 0) is 57.3 Å². The molecule has 0 aromatic heterocycles. The van der Waals surface area contributed by atoms with Crippen LogP contribution in [0.15, 0.2) is 4.99 Å². The van der Waals surface area contributed by atoms with Gasteiger partial charge in [0.1, 0.15) is 0 Å². The molecule has 2 aliphatic carbocycles. The van der Waals surface area contributed by atoms with Gasteiger partial charge in [0.05, 0.1) is 12.1 Å². The quantitative estimate of drug-likeness (QED) is 0.380. The van der Waals surface area contributed by atoms with Crippen LogP contribution in [0.25, 0.3) is 0 Å². The number of halogens is 1. The summed E-state index contributed by atoms with van der Waals surface area (Å²) in [6.07, 6.45) is 7.89. The van der Waals surface area contributed by atoms with E-state index in [0.717, 1.165) is 31.8 Å². The highest BCUT2D eigenvalue weighted by atomic mass is 127. The molecule has 0 unspecified atom stereocenters. The fraction of sp³-hybridized carbons (Fsp3) is 0.938. The number of nitrogens with zero attached hydrogens (tertiary/aromatic N) is 1. The summed E-state index contributed by atoms with van der Waals surface area (Å²) < 4.78 is 0. The summed E-state index contributed by atoms with van der Waals surface area (Å²) in [4.78, 5) is 4.58. The molecule has 2 rings (SSSR count). The number of aliphatic imine (C=N–C) groups is 1. The second-order valence-electron chi connectivity index (χ2n) is 7.36. The second kappa shape index (κ2) is 7.99. The van der Waals surface area contributed by atoms with E-state index in [1.165, 1.54) is 25.7 Å². The van der Waals surface area contributed by atoms with Crippen LogP contribution < -0.4 is 10.6 Å². The fourth-order valence-corrected chi connectivity index (χ4v) is 3.03. The molecule has 2 aliphatic rings. The minimum Gasteiger partial charge on any atom is -0.388 e. The Morgan fingerprint density at radius 2 is 1.81 bits per heavy atom. The number of guanidine groups is 1. The van der Waals surface area contributed by atoms with Gasteiger partial charge < -0.3 is 15.7 Å². The average molecular weight is 409 g/mol. The van der Waals surface area contributed by atoms with Crippen molar-refractivity contribution in [3.8, 4) is 0 Å². The van der Waals surface area contributed by atoms with Crippen LogP contribution in [0.3, 0.4) is 0 Å². The summed E-state index contributed by atoms with van der Waals surface area (Å²) in [6, 6.07) is 0.525. The normalized spacial score (nSPS) is 24.7. The summed E-state index contributed by atoms with van der Waals surface area (Å²) >= 11 is 0. The molecular formula is C16H32IN3O. The van der Waals surface area contributed by atoms with Gasteiger partial charge in [0.25, 0.3) is 0 Å². The van der Waals surface area contributed by atoms with Crippen LogP contribution in [0.5, 0.6) is 0 Å². The molecular weight excluding hydrogens is 377 g/mol. The van der Waals surface area contributed by atoms with Crippen molar-refractivity contribution in [2.75, 3.05) is 13.1 Å². The smallest absolute Gasteiger partial charge is 0.191 e. The average Bonchev–Trinajstić information content (AvgIpc) is 2.36. The lowest BCUT2D eigenvalue weighted by molar-refractivity contribution is -0.0236. The van der Waals surface area contributed by atoms with Crippen molar-refractivity contribution in [1.82, 2.24) is 10.6 Å². The van der Waals surface area contributed by atoms with Crippen molar-refractivity contribution in [3.05, 3.63) is 0 Å². The van der Waals surface area contributed by atoms with Gasteiger partial charge in [0.2, 0.25) is 0 Å². The van der Waals surface area contributed by atoms with Crippen LogP contribution in [-0.2, 0) is 0 Å². The van der Waals surface area contributed by atoms with Crippen LogP contribution >= 0.6 is 24.0 Å². The predicted octanol–water partition coefficient (Wildman–Crippen LogP) is 3.04. The van der Waals surface area contributed by atoms with Crippen LogP contribution in [0, 0.1) is 5.41 Å². The molecule has 0 amide bonds. The molecule has 0 radical (unpaired) electrons. The monoisotopic (exact) mass is 409 g/mol. The predicted molar refractivity (Wildman–Crippen MR) is 99.4 cm³/mol. The highest BCUT2D eigenvalue weighted by Gasteiger charge is 2.34. The Morgan fingerprint density at radius 1 is 1.19 bits per heavy atom. The lowest BCUT2D eigenvalue weighted by Crippen LogP contribution is -2.47. The first-order valence-electron chi connectivity index (χ1n) is 8.20. The molecule has 0 aromatic carbocycles. The molecule has 3 N–H and O–H groups in total. The van der Waals surface area contributed by atoms with Crippen molar-refractivity contribution >= 4 is 29.9 Å². The number of rotatable bonds is 4. The van der Waals surface area contributed by atoms with Crippen molar-refractivity contribution < 1.29 is 5.11 Å². The lowest BCUT2D eigenvalue weighted by Gasteiger charge is -2.36. The molecule has 0 aromatic rings. The Hall–Kier alpha value is -0.0400. The summed E-state index contributed by atoms with van der Waals surface area (Å²) in [5.74, 6) is 0.873. The first-order chi connectivity index (χ1) is 9.42. The van der Waals surface area contributed by atoms with Gasteiger partial charge in [-0.3, -0.25) is 4.99 Å². The molecule has 2 saturated carbocycles.